The number of fused-ring (bicyclic) bond motifs is 1. The predicted molar refractivity (Wildman–Crippen MR) is 82.3 cm³/mol. The fourth-order valence-corrected chi connectivity index (χ4v) is 3.15. The topological polar surface area (TPSA) is 19.0 Å². The summed E-state index contributed by atoms with van der Waals surface area (Å²) in [7, 11) is 2.22. The molecule has 2 nitrogen and oxygen atoms in total. The van der Waals surface area contributed by atoms with Crippen LogP contribution in [0.2, 0.25) is 0 Å². The van der Waals surface area contributed by atoms with E-state index in [2.05, 4.69) is 47.9 Å². The highest BCUT2D eigenvalue weighted by Crippen LogP contribution is 2.25. The number of hydrogen-bond donors (Lipinski definition) is 1. The highest BCUT2D eigenvalue weighted by Gasteiger charge is 2.19. The van der Waals surface area contributed by atoms with Gasteiger partial charge in [0.1, 0.15) is 0 Å². The molecule has 1 aromatic heterocycles. The van der Waals surface area contributed by atoms with Gasteiger partial charge < -0.3 is 9.88 Å². The van der Waals surface area contributed by atoms with E-state index in [0.29, 0.717) is 0 Å². The van der Waals surface area contributed by atoms with E-state index >= 15 is 0 Å². The Morgan fingerprint density at radius 3 is 3.11 bits per heavy atom. The summed E-state index contributed by atoms with van der Waals surface area (Å²) in [6, 6.07) is 6.51. The van der Waals surface area contributed by atoms with Crippen molar-refractivity contribution in [2.75, 3.05) is 20.1 Å². The van der Waals surface area contributed by atoms with Crippen molar-refractivity contribution >= 4 is 17.0 Å². The highest BCUT2D eigenvalue weighted by atomic mass is 15.1. The van der Waals surface area contributed by atoms with Gasteiger partial charge in [0, 0.05) is 23.6 Å². The molecule has 100 valence electrons. The number of aromatic amines is 1. The molecule has 0 aliphatic carbocycles. The van der Waals surface area contributed by atoms with Crippen LogP contribution in [0.5, 0.6) is 0 Å². The first-order valence-electron chi connectivity index (χ1n) is 7.17. The lowest BCUT2D eigenvalue weighted by molar-refractivity contribution is 0.388. The zero-order valence-corrected chi connectivity index (χ0v) is 11.7. The summed E-state index contributed by atoms with van der Waals surface area (Å²) in [6.45, 7) is 6.38. The number of aromatic nitrogens is 1. The van der Waals surface area contributed by atoms with E-state index in [1.807, 2.05) is 6.08 Å². The molecule has 0 amide bonds. The molecule has 2 heteroatoms. The Bertz CT molecular complexity index is 582. The molecule has 0 spiro atoms. The summed E-state index contributed by atoms with van der Waals surface area (Å²) in [5.41, 5.74) is 3.89. The third-order valence-electron chi connectivity index (χ3n) is 4.34. The van der Waals surface area contributed by atoms with Gasteiger partial charge in [-0.2, -0.15) is 0 Å². The molecule has 1 N–H and O–H groups in total. The minimum absolute atomic E-state index is 0.873. The lowest BCUT2D eigenvalue weighted by atomic mass is 9.98. The molecular formula is C17H22N2. The molecule has 0 saturated carbocycles. The van der Waals surface area contributed by atoms with Crippen molar-refractivity contribution in [2.24, 2.45) is 5.92 Å². The van der Waals surface area contributed by atoms with Crippen molar-refractivity contribution in [3.63, 3.8) is 0 Å². The summed E-state index contributed by atoms with van der Waals surface area (Å²) in [5, 5.41) is 1.36. The van der Waals surface area contributed by atoms with Crippen molar-refractivity contribution in [3.05, 3.63) is 42.1 Å². The van der Waals surface area contributed by atoms with Gasteiger partial charge in [-0.25, -0.2) is 0 Å². The Morgan fingerprint density at radius 1 is 1.47 bits per heavy atom. The van der Waals surface area contributed by atoms with E-state index in [1.54, 1.807) is 0 Å². The summed E-state index contributed by atoms with van der Waals surface area (Å²) in [6.07, 6.45) is 7.93. The quantitative estimate of drug-likeness (QED) is 0.881. The number of rotatable bonds is 4. The standard InChI is InChI=1S/C17H22N2/c1-3-13-5-7-17-16(10-13)15(11-18-17)6-4-14-8-9-19(2)12-14/h3,5,7,10-11,14,18H,1,4,6,8-9,12H2,2H3. The number of benzene rings is 1. The zero-order chi connectivity index (χ0) is 13.2. The molecule has 3 rings (SSSR count). The number of H-pyrrole nitrogens is 1. The lowest BCUT2D eigenvalue weighted by Crippen LogP contribution is -2.14. The molecule has 1 aliphatic heterocycles. The Balaban J connectivity index is 1.75. The Kier molecular flexibility index (Phi) is 3.43. The van der Waals surface area contributed by atoms with Crippen LogP contribution < -0.4 is 0 Å². The maximum Gasteiger partial charge on any atom is 0.0457 e. The van der Waals surface area contributed by atoms with Gasteiger partial charge in [0.2, 0.25) is 0 Å². The molecule has 1 saturated heterocycles. The van der Waals surface area contributed by atoms with Crippen LogP contribution in [0.1, 0.15) is 24.0 Å². The SMILES string of the molecule is C=Cc1ccc2[nH]cc(CCC3CCN(C)C3)c2c1. The van der Waals surface area contributed by atoms with Crippen LogP contribution in [-0.2, 0) is 6.42 Å². The molecule has 0 bridgehead atoms. The first-order chi connectivity index (χ1) is 9.26. The lowest BCUT2D eigenvalue weighted by Gasteiger charge is -2.09. The van der Waals surface area contributed by atoms with Crippen molar-refractivity contribution in [1.82, 2.24) is 9.88 Å². The Labute approximate surface area is 115 Å². The average molecular weight is 254 g/mol. The molecule has 1 fully saturated rings. The average Bonchev–Trinajstić information content (AvgIpc) is 3.02. The van der Waals surface area contributed by atoms with E-state index in [4.69, 9.17) is 0 Å². The molecule has 1 aromatic carbocycles. The van der Waals surface area contributed by atoms with Gasteiger partial charge in [-0.15, -0.1) is 0 Å². The second-order valence-electron chi connectivity index (χ2n) is 5.78. The van der Waals surface area contributed by atoms with Crippen LogP contribution >= 0.6 is 0 Å². The van der Waals surface area contributed by atoms with E-state index in [9.17, 15) is 0 Å². The third kappa shape index (κ3) is 2.59. The van der Waals surface area contributed by atoms with Crippen molar-refractivity contribution < 1.29 is 0 Å². The zero-order valence-electron chi connectivity index (χ0n) is 11.7. The number of aryl methyl sites for hydroxylation is 1. The van der Waals surface area contributed by atoms with Crippen LogP contribution in [0.4, 0.5) is 0 Å². The number of nitrogens with one attached hydrogen (secondary N) is 1. The number of nitrogens with zero attached hydrogens (tertiary/aromatic N) is 1. The first kappa shape index (κ1) is 12.5. The number of hydrogen-bond acceptors (Lipinski definition) is 1. The normalized spacial score (nSPS) is 20.2. The van der Waals surface area contributed by atoms with E-state index in [1.165, 1.54) is 54.4 Å². The summed E-state index contributed by atoms with van der Waals surface area (Å²) in [4.78, 5) is 5.82. The largest absolute Gasteiger partial charge is 0.361 e. The first-order valence-corrected chi connectivity index (χ1v) is 7.17. The van der Waals surface area contributed by atoms with Gasteiger partial charge in [0.05, 0.1) is 0 Å². The molecule has 19 heavy (non-hydrogen) atoms. The van der Waals surface area contributed by atoms with Crippen molar-refractivity contribution in [2.45, 2.75) is 19.3 Å². The molecule has 1 atom stereocenters. The van der Waals surface area contributed by atoms with E-state index < -0.39 is 0 Å². The fraction of sp³-hybridized carbons (Fsp3) is 0.412. The minimum Gasteiger partial charge on any atom is -0.361 e. The monoisotopic (exact) mass is 254 g/mol. The molecule has 2 heterocycles. The molecular weight excluding hydrogens is 232 g/mol. The van der Waals surface area contributed by atoms with Gasteiger partial charge >= 0.3 is 0 Å². The smallest absolute Gasteiger partial charge is 0.0457 e. The van der Waals surface area contributed by atoms with Gasteiger partial charge in [-0.3, -0.25) is 0 Å². The maximum atomic E-state index is 3.85. The molecule has 0 radical (unpaired) electrons. The van der Waals surface area contributed by atoms with Crippen molar-refractivity contribution in [1.29, 1.82) is 0 Å². The van der Waals surface area contributed by atoms with Crippen LogP contribution in [0.25, 0.3) is 17.0 Å². The van der Waals surface area contributed by atoms with E-state index in [0.717, 1.165) is 5.92 Å². The molecule has 1 aliphatic rings. The molecule has 1 unspecified atom stereocenters. The third-order valence-corrected chi connectivity index (χ3v) is 4.34. The second kappa shape index (κ2) is 5.22. The van der Waals surface area contributed by atoms with Gasteiger partial charge in [-0.05, 0) is 62.0 Å². The summed E-state index contributed by atoms with van der Waals surface area (Å²) >= 11 is 0. The minimum atomic E-state index is 0.873. The van der Waals surface area contributed by atoms with Crippen molar-refractivity contribution in [3.8, 4) is 0 Å². The predicted octanol–water partition coefficient (Wildman–Crippen LogP) is 3.70. The van der Waals surface area contributed by atoms with Gasteiger partial charge in [0.15, 0.2) is 0 Å². The fourth-order valence-electron chi connectivity index (χ4n) is 3.15. The summed E-state index contributed by atoms with van der Waals surface area (Å²) < 4.78 is 0. The Morgan fingerprint density at radius 2 is 2.37 bits per heavy atom. The van der Waals surface area contributed by atoms with Crippen LogP contribution in [0, 0.1) is 5.92 Å². The number of likely N-dealkylation sites (tertiary alicyclic amines) is 1. The van der Waals surface area contributed by atoms with Crippen LogP contribution in [0.3, 0.4) is 0 Å². The maximum absolute atomic E-state index is 3.85. The van der Waals surface area contributed by atoms with Crippen LogP contribution in [0.15, 0.2) is 31.0 Å². The van der Waals surface area contributed by atoms with E-state index in [-0.39, 0.29) is 0 Å². The Hall–Kier alpha value is -1.54. The highest BCUT2D eigenvalue weighted by molar-refractivity contribution is 5.85. The molecule has 2 aromatic rings. The summed E-state index contributed by atoms with van der Waals surface area (Å²) in [5.74, 6) is 0.873. The van der Waals surface area contributed by atoms with Crippen LogP contribution in [-0.4, -0.2) is 30.0 Å². The van der Waals surface area contributed by atoms with Gasteiger partial charge in [0.25, 0.3) is 0 Å². The van der Waals surface area contributed by atoms with Gasteiger partial charge in [-0.1, -0.05) is 18.7 Å². The second-order valence-corrected chi connectivity index (χ2v) is 5.78.